The van der Waals surface area contributed by atoms with Crippen molar-refractivity contribution >= 4 is 28.7 Å². The molecule has 0 saturated carbocycles. The number of carbonyl (C=O) groups excluding carboxylic acids is 1. The highest BCUT2D eigenvalue weighted by molar-refractivity contribution is 6.05. The van der Waals surface area contributed by atoms with Crippen LogP contribution in [0.4, 0.5) is 22.7 Å². The minimum atomic E-state index is -0.764. The molecule has 1 heterocycles. The number of benzene rings is 2. The van der Waals surface area contributed by atoms with Gasteiger partial charge in [-0.2, -0.15) is 0 Å². The average molecular weight is 370 g/mol. The number of amides is 1. The number of anilines is 2. The number of hydrogen-bond donors (Lipinski definition) is 1. The highest BCUT2D eigenvalue weighted by atomic mass is 16.6. The molecular formula is C18H18N4O5. The van der Waals surface area contributed by atoms with E-state index in [2.05, 4.69) is 10.2 Å². The maximum atomic E-state index is 12.5. The Morgan fingerprint density at radius 1 is 1.00 bits per heavy atom. The second-order valence-electron chi connectivity index (χ2n) is 6.40. The van der Waals surface area contributed by atoms with E-state index in [0.717, 1.165) is 55.4 Å². The maximum Gasteiger partial charge on any atom is 0.277 e. The summed E-state index contributed by atoms with van der Waals surface area (Å²) in [5, 5.41) is 24.6. The first-order valence-corrected chi connectivity index (χ1v) is 8.46. The second-order valence-corrected chi connectivity index (χ2v) is 6.40. The van der Waals surface area contributed by atoms with Crippen LogP contribution in [-0.4, -0.2) is 28.8 Å². The lowest BCUT2D eigenvalue weighted by molar-refractivity contribution is -0.394. The Labute approximate surface area is 154 Å². The van der Waals surface area contributed by atoms with E-state index in [9.17, 15) is 25.0 Å². The normalized spacial score (nSPS) is 13.4. The fraction of sp³-hybridized carbons (Fsp3) is 0.278. The Morgan fingerprint density at radius 3 is 2.11 bits per heavy atom. The summed E-state index contributed by atoms with van der Waals surface area (Å²) >= 11 is 0. The minimum absolute atomic E-state index is 0.140. The van der Waals surface area contributed by atoms with Gasteiger partial charge >= 0.3 is 0 Å². The molecule has 1 N–H and O–H groups in total. The first-order chi connectivity index (χ1) is 12.8. The van der Waals surface area contributed by atoms with E-state index in [4.69, 9.17) is 0 Å². The molecule has 0 aliphatic carbocycles. The fourth-order valence-corrected chi connectivity index (χ4v) is 3.09. The average Bonchev–Trinajstić information content (AvgIpc) is 3.17. The molecule has 0 spiro atoms. The third kappa shape index (κ3) is 4.02. The third-order valence-corrected chi connectivity index (χ3v) is 4.52. The molecule has 0 bridgehead atoms. The van der Waals surface area contributed by atoms with Crippen LogP contribution in [0.3, 0.4) is 0 Å². The maximum absolute atomic E-state index is 12.5. The zero-order valence-corrected chi connectivity index (χ0v) is 14.7. The van der Waals surface area contributed by atoms with Crippen molar-refractivity contribution in [3.8, 4) is 0 Å². The zero-order chi connectivity index (χ0) is 19.6. The Hall–Kier alpha value is -3.49. The largest absolute Gasteiger partial charge is 0.372 e. The van der Waals surface area contributed by atoms with Gasteiger partial charge in [-0.3, -0.25) is 25.0 Å². The van der Waals surface area contributed by atoms with Crippen LogP contribution in [0.25, 0.3) is 0 Å². The number of non-ortho nitro benzene ring substituents is 2. The van der Waals surface area contributed by atoms with E-state index in [1.54, 1.807) is 6.07 Å². The van der Waals surface area contributed by atoms with E-state index in [0.29, 0.717) is 5.69 Å². The molecule has 140 valence electrons. The van der Waals surface area contributed by atoms with Crippen LogP contribution in [0.1, 0.15) is 28.8 Å². The van der Waals surface area contributed by atoms with Crippen LogP contribution in [0.15, 0.2) is 36.4 Å². The molecule has 2 aromatic carbocycles. The standard InChI is InChI=1S/C18H18N4O5/c1-12-8-14(20-6-2-3-7-20)4-5-17(12)19-18(23)13-9-15(21(24)25)11-16(10-13)22(26)27/h4-5,8-11H,2-3,6-7H2,1H3,(H,19,23). The number of hydrogen-bond acceptors (Lipinski definition) is 6. The quantitative estimate of drug-likeness (QED) is 0.634. The molecule has 1 fully saturated rings. The molecule has 27 heavy (non-hydrogen) atoms. The van der Waals surface area contributed by atoms with Gasteiger partial charge < -0.3 is 10.2 Å². The van der Waals surface area contributed by atoms with E-state index >= 15 is 0 Å². The molecular weight excluding hydrogens is 352 g/mol. The number of nitrogens with zero attached hydrogens (tertiary/aromatic N) is 3. The molecule has 9 nitrogen and oxygen atoms in total. The van der Waals surface area contributed by atoms with Gasteiger partial charge in [0, 0.05) is 36.6 Å². The Bertz CT molecular complexity index is 890. The van der Waals surface area contributed by atoms with Gasteiger partial charge in [0.1, 0.15) is 0 Å². The second kappa shape index (κ2) is 7.40. The van der Waals surface area contributed by atoms with Crippen molar-refractivity contribution in [1.29, 1.82) is 0 Å². The monoisotopic (exact) mass is 370 g/mol. The van der Waals surface area contributed by atoms with Crippen LogP contribution in [0.2, 0.25) is 0 Å². The van der Waals surface area contributed by atoms with Crippen molar-refractivity contribution in [1.82, 2.24) is 0 Å². The molecule has 2 aromatic rings. The first-order valence-electron chi connectivity index (χ1n) is 8.46. The van der Waals surface area contributed by atoms with Gasteiger partial charge in [-0.1, -0.05) is 0 Å². The summed E-state index contributed by atoms with van der Waals surface area (Å²) in [7, 11) is 0. The van der Waals surface area contributed by atoms with Crippen molar-refractivity contribution in [3.63, 3.8) is 0 Å². The zero-order valence-electron chi connectivity index (χ0n) is 14.7. The molecule has 3 rings (SSSR count). The van der Waals surface area contributed by atoms with Gasteiger partial charge in [0.15, 0.2) is 0 Å². The minimum Gasteiger partial charge on any atom is -0.372 e. The molecule has 1 aliphatic heterocycles. The van der Waals surface area contributed by atoms with E-state index in [1.165, 1.54) is 0 Å². The molecule has 0 atom stereocenters. The lowest BCUT2D eigenvalue weighted by Gasteiger charge is -2.19. The summed E-state index contributed by atoms with van der Waals surface area (Å²) < 4.78 is 0. The van der Waals surface area contributed by atoms with E-state index in [-0.39, 0.29) is 5.56 Å². The summed E-state index contributed by atoms with van der Waals surface area (Å²) in [6.07, 6.45) is 2.31. The molecule has 1 amide bonds. The van der Waals surface area contributed by atoms with Crippen LogP contribution in [0.5, 0.6) is 0 Å². The van der Waals surface area contributed by atoms with Crippen LogP contribution in [0, 0.1) is 27.2 Å². The summed E-state index contributed by atoms with van der Waals surface area (Å²) in [5.41, 5.74) is 1.32. The molecule has 9 heteroatoms. The number of rotatable bonds is 5. The predicted octanol–water partition coefficient (Wildman–Crippen LogP) is 3.66. The van der Waals surface area contributed by atoms with Crippen molar-refractivity contribution in [3.05, 3.63) is 67.8 Å². The summed E-state index contributed by atoms with van der Waals surface area (Å²) in [6.45, 7) is 3.86. The van der Waals surface area contributed by atoms with Gasteiger partial charge in [-0.15, -0.1) is 0 Å². The molecule has 1 saturated heterocycles. The first kappa shape index (κ1) is 18.3. The highest BCUT2D eigenvalue weighted by Gasteiger charge is 2.20. The number of nitrogens with one attached hydrogen (secondary N) is 1. The van der Waals surface area contributed by atoms with Gasteiger partial charge in [0.25, 0.3) is 17.3 Å². The third-order valence-electron chi connectivity index (χ3n) is 4.52. The Morgan fingerprint density at radius 2 is 1.59 bits per heavy atom. The van der Waals surface area contributed by atoms with Gasteiger partial charge in [0.2, 0.25) is 0 Å². The van der Waals surface area contributed by atoms with Gasteiger partial charge in [-0.05, 0) is 43.5 Å². The van der Waals surface area contributed by atoms with Crippen LogP contribution < -0.4 is 10.2 Å². The van der Waals surface area contributed by atoms with E-state index < -0.39 is 27.1 Å². The van der Waals surface area contributed by atoms with Gasteiger partial charge in [0.05, 0.1) is 21.5 Å². The summed E-state index contributed by atoms with van der Waals surface area (Å²) in [4.78, 5) is 35.2. The number of nitro groups is 2. The Balaban J connectivity index is 1.84. The molecule has 0 aromatic heterocycles. The summed E-state index contributed by atoms with van der Waals surface area (Å²) in [5.74, 6) is -0.640. The molecule has 0 radical (unpaired) electrons. The van der Waals surface area contributed by atoms with E-state index in [1.807, 2.05) is 19.1 Å². The number of nitro benzene ring substituents is 2. The number of aryl methyl sites for hydroxylation is 1. The number of carbonyl (C=O) groups is 1. The topological polar surface area (TPSA) is 119 Å². The fourth-order valence-electron chi connectivity index (χ4n) is 3.09. The highest BCUT2D eigenvalue weighted by Crippen LogP contribution is 2.27. The summed E-state index contributed by atoms with van der Waals surface area (Å²) in [6, 6.07) is 8.52. The Kier molecular flexibility index (Phi) is 5.02. The lowest BCUT2D eigenvalue weighted by atomic mass is 10.1. The smallest absolute Gasteiger partial charge is 0.277 e. The van der Waals surface area contributed by atoms with Crippen molar-refractivity contribution in [2.24, 2.45) is 0 Å². The van der Waals surface area contributed by atoms with Crippen LogP contribution >= 0.6 is 0 Å². The van der Waals surface area contributed by atoms with Crippen molar-refractivity contribution in [2.45, 2.75) is 19.8 Å². The molecule has 0 unspecified atom stereocenters. The van der Waals surface area contributed by atoms with Crippen molar-refractivity contribution < 1.29 is 14.6 Å². The lowest BCUT2D eigenvalue weighted by Crippen LogP contribution is -2.18. The predicted molar refractivity (Wildman–Crippen MR) is 100 cm³/mol. The molecule has 1 aliphatic rings. The van der Waals surface area contributed by atoms with Crippen LogP contribution in [-0.2, 0) is 0 Å². The van der Waals surface area contributed by atoms with Crippen molar-refractivity contribution in [2.75, 3.05) is 23.3 Å². The van der Waals surface area contributed by atoms with Gasteiger partial charge in [-0.25, -0.2) is 0 Å². The SMILES string of the molecule is Cc1cc(N2CCCC2)ccc1NC(=O)c1cc([N+](=O)[O-])cc([N+](=O)[O-])c1.